The van der Waals surface area contributed by atoms with Gasteiger partial charge in [0.2, 0.25) is 0 Å². The maximum Gasteiger partial charge on any atom is 0.335 e. The molecule has 5 nitrogen and oxygen atoms in total. The quantitative estimate of drug-likeness (QED) is 0.688. The van der Waals surface area contributed by atoms with Gasteiger partial charge in [-0.3, -0.25) is 0 Å². The molecule has 5 heteroatoms. The summed E-state index contributed by atoms with van der Waals surface area (Å²) >= 11 is 0. The lowest BCUT2D eigenvalue weighted by Crippen LogP contribution is -2.05. The Balaban J connectivity index is 2.01. The first-order valence-electron chi connectivity index (χ1n) is 8.67. The van der Waals surface area contributed by atoms with Crippen LogP contribution in [0.5, 0.6) is 5.75 Å². The van der Waals surface area contributed by atoms with Crippen molar-refractivity contribution in [2.24, 2.45) is 5.92 Å². The van der Waals surface area contributed by atoms with Gasteiger partial charge in [0, 0.05) is 29.2 Å². The Hall–Kier alpha value is -3.52. The van der Waals surface area contributed by atoms with Crippen LogP contribution in [0.25, 0.3) is 16.8 Å². The second-order valence-corrected chi connectivity index (χ2v) is 6.66. The van der Waals surface area contributed by atoms with Crippen molar-refractivity contribution >= 4 is 5.97 Å². The number of carbonyl (C=O) groups is 1. The molecule has 0 radical (unpaired) electrons. The van der Waals surface area contributed by atoms with Crippen LogP contribution in [0.4, 0.5) is 0 Å². The Labute approximate surface area is 158 Å². The summed E-state index contributed by atoms with van der Waals surface area (Å²) in [6.45, 7) is 4.76. The Bertz CT molecular complexity index is 995. The van der Waals surface area contributed by atoms with Gasteiger partial charge in [-0.05, 0) is 36.2 Å². The van der Waals surface area contributed by atoms with Crippen molar-refractivity contribution in [3.63, 3.8) is 0 Å². The zero-order chi connectivity index (χ0) is 19.4. The van der Waals surface area contributed by atoms with Crippen LogP contribution in [0.2, 0.25) is 0 Å². The molecule has 1 N–H and O–H groups in total. The third-order valence-electron chi connectivity index (χ3n) is 4.11. The SMILES string of the molecule is CC(C)COc1ccccc1-c1cn(-c2ccc(C(=O)O)cc2)cc1C#N. The zero-order valence-electron chi connectivity index (χ0n) is 15.2. The number of aromatic nitrogens is 1. The number of nitrogens with zero attached hydrogens (tertiary/aromatic N) is 2. The molecule has 0 atom stereocenters. The molecule has 3 rings (SSSR count). The molecule has 1 heterocycles. The predicted octanol–water partition coefficient (Wildman–Crippen LogP) is 4.75. The summed E-state index contributed by atoms with van der Waals surface area (Å²) in [5, 5.41) is 18.6. The number of carboxylic acids is 1. The number of nitriles is 1. The third-order valence-corrected chi connectivity index (χ3v) is 4.11. The highest BCUT2D eigenvalue weighted by atomic mass is 16.5. The molecule has 0 spiro atoms. The lowest BCUT2D eigenvalue weighted by Gasteiger charge is -2.12. The summed E-state index contributed by atoms with van der Waals surface area (Å²) in [6.07, 6.45) is 3.61. The van der Waals surface area contributed by atoms with E-state index in [2.05, 4.69) is 19.9 Å². The minimum atomic E-state index is -0.969. The molecule has 0 fully saturated rings. The zero-order valence-corrected chi connectivity index (χ0v) is 15.2. The van der Waals surface area contributed by atoms with E-state index in [1.54, 1.807) is 30.5 Å². The van der Waals surface area contributed by atoms with Crippen molar-refractivity contribution < 1.29 is 14.6 Å². The van der Waals surface area contributed by atoms with Crippen LogP contribution in [0.15, 0.2) is 60.9 Å². The van der Waals surface area contributed by atoms with Crippen molar-refractivity contribution in [2.75, 3.05) is 6.61 Å². The minimum absolute atomic E-state index is 0.221. The van der Waals surface area contributed by atoms with E-state index < -0.39 is 5.97 Å². The van der Waals surface area contributed by atoms with Gasteiger partial charge in [0.15, 0.2) is 0 Å². The van der Waals surface area contributed by atoms with Gasteiger partial charge in [0.25, 0.3) is 0 Å². The van der Waals surface area contributed by atoms with E-state index in [9.17, 15) is 10.1 Å². The largest absolute Gasteiger partial charge is 0.493 e. The van der Waals surface area contributed by atoms with Crippen molar-refractivity contribution in [3.8, 4) is 28.6 Å². The van der Waals surface area contributed by atoms with Crippen LogP contribution in [-0.4, -0.2) is 22.2 Å². The van der Waals surface area contributed by atoms with E-state index in [0.717, 1.165) is 22.6 Å². The Morgan fingerprint density at radius 3 is 2.44 bits per heavy atom. The standard InChI is InChI=1S/C22H20N2O3/c1-15(2)14-27-21-6-4-3-5-19(21)20-13-24(12-17(20)11-23)18-9-7-16(8-10-18)22(25)26/h3-10,12-13,15H,14H2,1-2H3,(H,25,26). The second kappa shape index (κ2) is 7.79. The summed E-state index contributed by atoms with van der Waals surface area (Å²) in [4.78, 5) is 11.0. The molecule has 136 valence electrons. The van der Waals surface area contributed by atoms with Crippen LogP contribution in [0, 0.1) is 17.2 Å². The van der Waals surface area contributed by atoms with E-state index in [0.29, 0.717) is 18.1 Å². The van der Waals surface area contributed by atoms with E-state index in [-0.39, 0.29) is 5.56 Å². The lowest BCUT2D eigenvalue weighted by molar-refractivity contribution is 0.0697. The number of carboxylic acid groups (broad SMARTS) is 1. The highest BCUT2D eigenvalue weighted by molar-refractivity contribution is 5.87. The first-order chi connectivity index (χ1) is 13.0. The number of hydrogen-bond donors (Lipinski definition) is 1. The number of rotatable bonds is 6. The van der Waals surface area contributed by atoms with Crippen LogP contribution < -0.4 is 4.74 Å². The molecule has 1 aromatic heterocycles. The van der Waals surface area contributed by atoms with Gasteiger partial charge in [0.05, 0.1) is 17.7 Å². The second-order valence-electron chi connectivity index (χ2n) is 6.66. The average Bonchev–Trinajstić information content (AvgIpc) is 3.11. The normalized spacial score (nSPS) is 10.6. The monoisotopic (exact) mass is 360 g/mol. The molecule has 0 amide bonds. The van der Waals surface area contributed by atoms with Crippen LogP contribution in [-0.2, 0) is 0 Å². The fraction of sp³-hybridized carbons (Fsp3) is 0.182. The maximum absolute atomic E-state index is 11.0. The van der Waals surface area contributed by atoms with Crippen LogP contribution >= 0.6 is 0 Å². The Kier molecular flexibility index (Phi) is 5.28. The minimum Gasteiger partial charge on any atom is -0.493 e. The van der Waals surface area contributed by atoms with Crippen LogP contribution in [0.1, 0.15) is 29.8 Å². The van der Waals surface area contributed by atoms with E-state index >= 15 is 0 Å². The van der Waals surface area contributed by atoms with E-state index in [4.69, 9.17) is 9.84 Å². The molecule has 27 heavy (non-hydrogen) atoms. The van der Waals surface area contributed by atoms with Crippen LogP contribution in [0.3, 0.4) is 0 Å². The molecule has 3 aromatic rings. The van der Waals surface area contributed by atoms with E-state index in [1.165, 1.54) is 0 Å². The van der Waals surface area contributed by atoms with Gasteiger partial charge < -0.3 is 14.4 Å². The van der Waals surface area contributed by atoms with Crippen molar-refractivity contribution in [1.29, 1.82) is 5.26 Å². The maximum atomic E-state index is 11.0. The number of hydrogen-bond acceptors (Lipinski definition) is 3. The number of ether oxygens (including phenoxy) is 1. The molecule has 0 saturated heterocycles. The van der Waals surface area contributed by atoms with E-state index in [1.807, 2.05) is 35.0 Å². The first kappa shape index (κ1) is 18.3. The number of aromatic carboxylic acids is 1. The van der Waals surface area contributed by atoms with Gasteiger partial charge in [-0.25, -0.2) is 4.79 Å². The first-order valence-corrected chi connectivity index (χ1v) is 8.67. The number of para-hydroxylation sites is 1. The molecule has 0 saturated carbocycles. The molecule has 0 unspecified atom stereocenters. The van der Waals surface area contributed by atoms with Gasteiger partial charge in [-0.2, -0.15) is 5.26 Å². The average molecular weight is 360 g/mol. The Morgan fingerprint density at radius 2 is 1.81 bits per heavy atom. The topological polar surface area (TPSA) is 75.2 Å². The third kappa shape index (κ3) is 4.01. The fourth-order valence-corrected chi connectivity index (χ4v) is 2.75. The summed E-state index contributed by atoms with van der Waals surface area (Å²) in [7, 11) is 0. The fourth-order valence-electron chi connectivity index (χ4n) is 2.75. The molecule has 0 aliphatic carbocycles. The molecule has 2 aromatic carbocycles. The summed E-state index contributed by atoms with van der Waals surface area (Å²) < 4.78 is 7.74. The predicted molar refractivity (Wildman–Crippen MR) is 103 cm³/mol. The highest BCUT2D eigenvalue weighted by Crippen LogP contribution is 2.34. The van der Waals surface area contributed by atoms with Crippen molar-refractivity contribution in [1.82, 2.24) is 4.57 Å². The van der Waals surface area contributed by atoms with Crippen molar-refractivity contribution in [3.05, 3.63) is 72.1 Å². The smallest absolute Gasteiger partial charge is 0.335 e. The van der Waals surface area contributed by atoms with Gasteiger partial charge in [-0.1, -0.05) is 32.0 Å². The van der Waals surface area contributed by atoms with Gasteiger partial charge in [-0.15, -0.1) is 0 Å². The Morgan fingerprint density at radius 1 is 1.11 bits per heavy atom. The summed E-state index contributed by atoms with van der Waals surface area (Å²) in [6, 6.07) is 16.4. The van der Waals surface area contributed by atoms with Crippen molar-refractivity contribution in [2.45, 2.75) is 13.8 Å². The molecular formula is C22H20N2O3. The molecule has 0 bridgehead atoms. The molecular weight excluding hydrogens is 340 g/mol. The molecule has 0 aliphatic heterocycles. The number of benzene rings is 2. The summed E-state index contributed by atoms with van der Waals surface area (Å²) in [5.41, 5.74) is 3.16. The lowest BCUT2D eigenvalue weighted by atomic mass is 10.0. The highest BCUT2D eigenvalue weighted by Gasteiger charge is 2.14. The summed E-state index contributed by atoms with van der Waals surface area (Å²) in [5.74, 6) is 0.163. The van der Waals surface area contributed by atoms with Gasteiger partial charge >= 0.3 is 5.97 Å². The van der Waals surface area contributed by atoms with Gasteiger partial charge in [0.1, 0.15) is 11.8 Å². The molecule has 0 aliphatic rings.